The molecule has 0 rings (SSSR count). The lowest BCUT2D eigenvalue weighted by molar-refractivity contribution is -0.151. The molecule has 0 aromatic rings. The van der Waals surface area contributed by atoms with E-state index in [4.69, 9.17) is 0 Å². The van der Waals surface area contributed by atoms with Gasteiger partial charge in [0.05, 0.1) is 7.11 Å². The van der Waals surface area contributed by atoms with Crippen LogP contribution in [0.1, 0.15) is 0 Å². The number of hydrogen-bond donors (Lipinski definition) is 0. The van der Waals surface area contributed by atoms with Crippen molar-refractivity contribution in [2.45, 2.75) is 6.23 Å². The fraction of sp³-hybridized carbons (Fsp3) is 0.750. The summed E-state index contributed by atoms with van der Waals surface area (Å²) in [6.07, 6.45) is -0.921. The van der Waals surface area contributed by atoms with Gasteiger partial charge in [-0.15, -0.1) is 0 Å². The van der Waals surface area contributed by atoms with Crippen molar-refractivity contribution in [3.63, 3.8) is 0 Å². The highest BCUT2D eigenvalue weighted by molar-refractivity contribution is 6.04. The summed E-state index contributed by atoms with van der Waals surface area (Å²) < 4.78 is 8.95. The van der Waals surface area contributed by atoms with Crippen molar-refractivity contribution in [3.05, 3.63) is 0 Å². The number of rotatable bonds is 3. The molecule has 0 aromatic heterocycles. The highest BCUT2D eigenvalue weighted by Crippen LogP contribution is 1.94. The molecule has 0 heterocycles. The molecule has 0 N–H and O–H groups in total. The van der Waals surface area contributed by atoms with Gasteiger partial charge in [-0.3, -0.25) is 5.03 Å². The second kappa shape index (κ2) is 4.93. The zero-order valence-electron chi connectivity index (χ0n) is 6.20. The maximum atomic E-state index is 10.6. The zero-order valence-corrected chi connectivity index (χ0v) is 6.20. The number of methoxy groups -OCH3 is 2. The van der Waals surface area contributed by atoms with Gasteiger partial charge in [0.15, 0.2) is 0 Å². The Morgan fingerprint density at radius 2 is 2.20 bits per heavy atom. The molecule has 0 saturated heterocycles. The third-order valence-corrected chi connectivity index (χ3v) is 0.846. The van der Waals surface area contributed by atoms with Crippen LogP contribution in [0.4, 0.5) is 0 Å². The highest BCUT2D eigenvalue weighted by Gasteiger charge is 2.15. The predicted molar refractivity (Wildman–Crippen MR) is 36.2 cm³/mol. The Hall–Kier alpha value is -0.905. The molecule has 0 radical (unpaired) electrons. The van der Waals surface area contributed by atoms with E-state index < -0.39 is 12.2 Å². The van der Waals surface area contributed by atoms with Gasteiger partial charge < -0.3 is 9.47 Å². The molecular formula is C4H9BN2O3. The quantitative estimate of drug-likeness (QED) is 0.294. The fourth-order valence-electron chi connectivity index (χ4n) is 0.396. The molecule has 1 atom stereocenters. The number of carbonyl (C=O) groups excluding carboxylic acids is 1. The molecule has 0 fully saturated rings. The van der Waals surface area contributed by atoms with Gasteiger partial charge in [0.1, 0.15) is 0 Å². The second-order valence-corrected chi connectivity index (χ2v) is 1.43. The van der Waals surface area contributed by atoms with Gasteiger partial charge in [0.2, 0.25) is 0 Å². The van der Waals surface area contributed by atoms with Crippen molar-refractivity contribution in [1.82, 2.24) is 0 Å². The minimum Gasteiger partial charge on any atom is -0.466 e. The van der Waals surface area contributed by atoms with E-state index in [1.807, 2.05) is 0 Å². The van der Waals surface area contributed by atoms with E-state index in [9.17, 15) is 4.79 Å². The first-order chi connectivity index (χ1) is 4.76. The van der Waals surface area contributed by atoms with E-state index in [1.54, 1.807) is 0 Å². The first-order valence-electron chi connectivity index (χ1n) is 2.65. The van der Waals surface area contributed by atoms with E-state index >= 15 is 0 Å². The van der Waals surface area contributed by atoms with Crippen molar-refractivity contribution in [2.75, 3.05) is 14.2 Å². The average molecular weight is 144 g/mol. The highest BCUT2D eigenvalue weighted by atomic mass is 16.6. The van der Waals surface area contributed by atoms with E-state index in [-0.39, 0.29) is 0 Å². The standard InChI is InChI=1S/C4H9BN2O3/c1-9-3(6-7-5)4(8)10-2/h3H,5H2,1-2H3. The van der Waals surface area contributed by atoms with Crippen LogP contribution in [0, 0.1) is 0 Å². The molecule has 10 heavy (non-hydrogen) atoms. The van der Waals surface area contributed by atoms with Gasteiger partial charge in [-0.2, -0.15) is 5.11 Å². The van der Waals surface area contributed by atoms with E-state index in [0.29, 0.717) is 0 Å². The summed E-state index contributed by atoms with van der Waals surface area (Å²) >= 11 is 0. The number of carbonyl (C=O) groups is 1. The molecular weight excluding hydrogens is 135 g/mol. The number of hydrogen-bond acceptors (Lipinski definition) is 5. The first-order valence-corrected chi connectivity index (χ1v) is 2.65. The van der Waals surface area contributed by atoms with Crippen LogP contribution in [0.3, 0.4) is 0 Å². The number of ether oxygens (including phenoxy) is 2. The topological polar surface area (TPSA) is 60.2 Å². The van der Waals surface area contributed by atoms with Crippen LogP contribution in [0.2, 0.25) is 0 Å². The second-order valence-electron chi connectivity index (χ2n) is 1.43. The minimum atomic E-state index is -0.921. The van der Waals surface area contributed by atoms with Gasteiger partial charge in [-0.1, -0.05) is 0 Å². The van der Waals surface area contributed by atoms with Crippen molar-refractivity contribution in [3.8, 4) is 0 Å². The summed E-state index contributed by atoms with van der Waals surface area (Å²) in [6, 6.07) is 0. The Labute approximate surface area is 59.8 Å². The smallest absolute Gasteiger partial charge is 0.359 e. The number of esters is 1. The molecule has 0 aliphatic heterocycles. The predicted octanol–water partition coefficient (Wildman–Crippen LogP) is -0.868. The van der Waals surface area contributed by atoms with Gasteiger partial charge in [-0.05, 0) is 0 Å². The van der Waals surface area contributed by atoms with Crippen LogP contribution in [0.25, 0.3) is 0 Å². The monoisotopic (exact) mass is 144 g/mol. The summed E-state index contributed by atoms with van der Waals surface area (Å²) in [4.78, 5) is 10.6. The average Bonchev–Trinajstić information content (AvgIpc) is 1.99. The summed E-state index contributed by atoms with van der Waals surface area (Å²) in [5, 5.41) is 6.82. The Balaban J connectivity index is 3.93. The molecule has 0 aromatic carbocycles. The third kappa shape index (κ3) is 2.59. The Bertz CT molecular complexity index is 138. The lowest BCUT2D eigenvalue weighted by Crippen LogP contribution is -2.21. The zero-order chi connectivity index (χ0) is 7.98. The largest absolute Gasteiger partial charge is 0.466 e. The van der Waals surface area contributed by atoms with Gasteiger partial charge >= 0.3 is 5.97 Å². The first kappa shape index (κ1) is 9.09. The molecule has 0 aliphatic carbocycles. The third-order valence-electron chi connectivity index (χ3n) is 0.846. The molecule has 0 spiro atoms. The Kier molecular flexibility index (Phi) is 4.48. The maximum Gasteiger partial charge on any atom is 0.359 e. The molecule has 6 heteroatoms. The van der Waals surface area contributed by atoms with Crippen molar-refractivity contribution in [1.29, 1.82) is 0 Å². The Morgan fingerprint density at radius 3 is 2.50 bits per heavy atom. The van der Waals surface area contributed by atoms with E-state index in [2.05, 4.69) is 19.6 Å². The van der Waals surface area contributed by atoms with Gasteiger partial charge in [-0.25, -0.2) is 4.79 Å². The van der Waals surface area contributed by atoms with Gasteiger partial charge in [0.25, 0.3) is 14.2 Å². The van der Waals surface area contributed by atoms with Crippen molar-refractivity contribution in [2.24, 2.45) is 10.1 Å². The lowest BCUT2D eigenvalue weighted by atomic mass is 10.5. The summed E-state index contributed by atoms with van der Waals surface area (Å²) in [7, 11) is 4.07. The molecule has 0 aliphatic rings. The maximum absolute atomic E-state index is 10.6. The van der Waals surface area contributed by atoms with E-state index in [1.165, 1.54) is 22.2 Å². The molecule has 56 valence electrons. The van der Waals surface area contributed by atoms with Crippen LogP contribution in [-0.2, 0) is 14.3 Å². The SMILES string of the molecule is BN=NC(OC)C(=O)OC. The van der Waals surface area contributed by atoms with Crippen LogP contribution in [-0.4, -0.2) is 34.4 Å². The molecule has 1 unspecified atom stereocenters. The van der Waals surface area contributed by atoms with Crippen LogP contribution in [0.15, 0.2) is 10.1 Å². The Morgan fingerprint density at radius 1 is 1.60 bits per heavy atom. The van der Waals surface area contributed by atoms with Crippen LogP contribution < -0.4 is 0 Å². The lowest BCUT2D eigenvalue weighted by Gasteiger charge is -2.04. The molecule has 0 amide bonds. The molecule has 5 nitrogen and oxygen atoms in total. The fourth-order valence-corrected chi connectivity index (χ4v) is 0.396. The summed E-state index contributed by atoms with van der Waals surface area (Å²) in [5.41, 5.74) is 0. The normalized spacial score (nSPS) is 13.4. The summed E-state index contributed by atoms with van der Waals surface area (Å²) in [6.45, 7) is 0. The van der Waals surface area contributed by atoms with Crippen LogP contribution in [0.5, 0.6) is 0 Å². The molecule has 0 saturated carbocycles. The minimum absolute atomic E-state index is 0.548. The van der Waals surface area contributed by atoms with Crippen molar-refractivity contribution < 1.29 is 14.3 Å². The van der Waals surface area contributed by atoms with Crippen molar-refractivity contribution >= 4 is 14.0 Å². The molecule has 0 bridgehead atoms. The number of nitrogens with zero attached hydrogens (tertiary/aromatic N) is 2. The van der Waals surface area contributed by atoms with Gasteiger partial charge in [0, 0.05) is 7.11 Å². The van der Waals surface area contributed by atoms with E-state index in [0.717, 1.165) is 0 Å². The summed E-state index contributed by atoms with van der Waals surface area (Å²) in [5.74, 6) is -0.548. The van der Waals surface area contributed by atoms with Crippen LogP contribution >= 0.6 is 0 Å².